The Morgan fingerprint density at radius 3 is 2.77 bits per heavy atom. The first kappa shape index (κ1) is 15.9. The minimum Gasteiger partial charge on any atom is -0.475 e. The van der Waals surface area contributed by atoms with E-state index in [0.717, 1.165) is 18.4 Å². The third kappa shape index (κ3) is 2.78. The van der Waals surface area contributed by atoms with Gasteiger partial charge in [-0.3, -0.25) is 5.84 Å². The number of hydrogen-bond acceptors (Lipinski definition) is 7. The molecule has 8 nitrogen and oxygen atoms in total. The third-order valence-electron chi connectivity index (χ3n) is 3.56. The summed E-state index contributed by atoms with van der Waals surface area (Å²) in [5, 5.41) is 9.97. The van der Waals surface area contributed by atoms with Crippen LogP contribution in [0.4, 0.5) is 11.5 Å². The predicted molar refractivity (Wildman–Crippen MR) is 85.8 cm³/mol. The number of rotatable bonds is 3. The highest BCUT2D eigenvalue weighted by Crippen LogP contribution is 2.28. The van der Waals surface area contributed by atoms with Crippen molar-refractivity contribution in [3.05, 3.63) is 24.0 Å². The number of nitrogens with two attached hydrogens (primary N) is 2. The van der Waals surface area contributed by atoms with Gasteiger partial charge in [0, 0.05) is 24.5 Å². The first-order valence-electron chi connectivity index (χ1n) is 6.60. The van der Waals surface area contributed by atoms with E-state index in [2.05, 4.69) is 15.4 Å². The summed E-state index contributed by atoms with van der Waals surface area (Å²) in [4.78, 5) is 21.5. The van der Waals surface area contributed by atoms with Crippen LogP contribution in [-0.4, -0.2) is 40.2 Å². The number of carbonyl (C=O) groups is 1. The lowest BCUT2D eigenvalue weighted by atomic mass is 10.2. The van der Waals surface area contributed by atoms with Gasteiger partial charge in [-0.2, -0.15) is 0 Å². The Morgan fingerprint density at radius 2 is 2.18 bits per heavy atom. The molecule has 1 aromatic carbocycles. The highest BCUT2D eigenvalue weighted by atomic mass is 16.4. The number of carboxylic acids is 1. The van der Waals surface area contributed by atoms with Gasteiger partial charge in [0.2, 0.25) is 5.82 Å². The van der Waals surface area contributed by atoms with Crippen molar-refractivity contribution in [2.45, 2.75) is 19.9 Å². The number of nitrogen functional groups attached to an aromatic ring is 1. The maximum Gasteiger partial charge on any atom is 0.374 e. The first-order chi connectivity index (χ1) is 10.1. The van der Waals surface area contributed by atoms with Crippen molar-refractivity contribution in [2.75, 3.05) is 23.4 Å². The van der Waals surface area contributed by atoms with Crippen LogP contribution in [0.25, 0.3) is 10.9 Å². The molecule has 3 rings (SSSR count). The zero-order valence-corrected chi connectivity index (χ0v) is 11.3. The van der Waals surface area contributed by atoms with Crippen molar-refractivity contribution in [3.63, 3.8) is 0 Å². The molecule has 1 saturated heterocycles. The van der Waals surface area contributed by atoms with Gasteiger partial charge in [-0.25, -0.2) is 14.8 Å². The van der Waals surface area contributed by atoms with Gasteiger partial charge in [0.25, 0.3) is 0 Å². The zero-order chi connectivity index (χ0) is 15.0. The van der Waals surface area contributed by atoms with Crippen LogP contribution in [0.5, 0.6) is 0 Å². The van der Waals surface area contributed by atoms with E-state index in [4.69, 9.17) is 11.6 Å². The van der Waals surface area contributed by atoms with Gasteiger partial charge in [-0.15, -0.1) is 0 Å². The topological polar surface area (TPSA) is 130 Å². The molecule has 0 aliphatic carbocycles. The Morgan fingerprint density at radius 1 is 1.41 bits per heavy atom. The van der Waals surface area contributed by atoms with E-state index in [-0.39, 0.29) is 19.3 Å². The van der Waals surface area contributed by atoms with Gasteiger partial charge in [0.15, 0.2) is 0 Å². The van der Waals surface area contributed by atoms with Crippen LogP contribution in [0.2, 0.25) is 0 Å². The van der Waals surface area contributed by atoms with Gasteiger partial charge in [0.05, 0.1) is 11.2 Å². The number of hydrogen-bond donors (Lipinski definition) is 4. The zero-order valence-electron chi connectivity index (χ0n) is 11.3. The molecule has 1 fully saturated rings. The average molecular weight is 304 g/mol. The van der Waals surface area contributed by atoms with Crippen LogP contribution in [0.15, 0.2) is 18.2 Å². The molecule has 1 aliphatic heterocycles. The number of carboxylic acid groups (broad SMARTS) is 1. The summed E-state index contributed by atoms with van der Waals surface area (Å²) in [6, 6.07) is 5.40. The monoisotopic (exact) mass is 304 g/mol. The summed E-state index contributed by atoms with van der Waals surface area (Å²) in [6.07, 6.45) is 0.857. The van der Waals surface area contributed by atoms with Crippen molar-refractivity contribution in [1.29, 1.82) is 0 Å². The van der Waals surface area contributed by atoms with Gasteiger partial charge in [-0.1, -0.05) is 7.43 Å². The quantitative estimate of drug-likeness (QED) is 0.483. The summed E-state index contributed by atoms with van der Waals surface area (Å²) < 4.78 is 0. The summed E-state index contributed by atoms with van der Waals surface area (Å²) in [6.45, 7) is 1.41. The Labute approximate surface area is 128 Å². The van der Waals surface area contributed by atoms with Gasteiger partial charge in [0.1, 0.15) is 5.82 Å². The Hall–Kier alpha value is -2.45. The Balaban J connectivity index is 0.00000176. The Bertz CT molecular complexity index is 705. The number of hydrazine groups is 1. The van der Waals surface area contributed by atoms with Crippen LogP contribution < -0.4 is 21.9 Å². The van der Waals surface area contributed by atoms with Crippen LogP contribution in [0, 0.1) is 0 Å². The lowest BCUT2D eigenvalue weighted by molar-refractivity contribution is 0.0684. The fourth-order valence-electron chi connectivity index (χ4n) is 2.52. The van der Waals surface area contributed by atoms with Crippen LogP contribution >= 0.6 is 0 Å². The van der Waals surface area contributed by atoms with E-state index < -0.39 is 5.97 Å². The second-order valence-electron chi connectivity index (χ2n) is 5.05. The normalized spacial score (nSPS) is 17.4. The van der Waals surface area contributed by atoms with E-state index in [1.807, 2.05) is 11.0 Å². The van der Waals surface area contributed by atoms with Gasteiger partial charge >= 0.3 is 5.97 Å². The maximum absolute atomic E-state index is 11.2. The van der Waals surface area contributed by atoms with Crippen molar-refractivity contribution >= 4 is 28.4 Å². The minimum absolute atomic E-state index is 0. The van der Waals surface area contributed by atoms with Crippen LogP contribution in [-0.2, 0) is 0 Å². The number of anilines is 2. The molecular weight excluding hydrogens is 284 g/mol. The number of benzene rings is 1. The number of aromatic nitrogens is 2. The molecule has 2 aromatic rings. The molecular formula is C14H20N6O2. The lowest BCUT2D eigenvalue weighted by Crippen LogP contribution is -2.27. The fourth-order valence-corrected chi connectivity index (χ4v) is 2.52. The van der Waals surface area contributed by atoms with E-state index in [9.17, 15) is 9.90 Å². The molecule has 8 heteroatoms. The molecule has 0 radical (unpaired) electrons. The molecule has 0 amide bonds. The number of fused-ring (bicyclic) bond motifs is 1. The van der Waals surface area contributed by atoms with E-state index >= 15 is 0 Å². The molecule has 6 N–H and O–H groups in total. The second kappa shape index (κ2) is 6.12. The van der Waals surface area contributed by atoms with Crippen LogP contribution in [0.3, 0.4) is 0 Å². The number of aromatic carboxylic acids is 1. The van der Waals surface area contributed by atoms with E-state index in [0.29, 0.717) is 23.6 Å². The molecule has 1 aliphatic rings. The van der Waals surface area contributed by atoms with Crippen molar-refractivity contribution in [1.82, 2.24) is 9.97 Å². The third-order valence-corrected chi connectivity index (χ3v) is 3.56. The SMILES string of the molecule is C.NNc1ccc2c(N3CCC(N)C3)nc(C(=O)O)nc2c1. The van der Waals surface area contributed by atoms with Gasteiger partial charge < -0.3 is 21.2 Å². The standard InChI is InChI=1S/C13H16N6O2.CH4/c14-7-3-4-19(6-7)12-9-2-1-8(18-15)5-10(9)16-11(17-12)13(20)21;/h1-2,5,7,18H,3-4,6,14-15H2,(H,20,21);1H4. The fraction of sp³-hybridized carbons (Fsp3) is 0.357. The molecule has 1 atom stereocenters. The maximum atomic E-state index is 11.2. The highest BCUT2D eigenvalue weighted by Gasteiger charge is 2.24. The summed E-state index contributed by atoms with van der Waals surface area (Å²) in [5.74, 6) is 4.60. The van der Waals surface area contributed by atoms with Crippen molar-refractivity contribution in [3.8, 4) is 0 Å². The number of nitrogens with zero attached hydrogens (tertiary/aromatic N) is 3. The molecule has 0 saturated carbocycles. The van der Waals surface area contributed by atoms with Crippen LogP contribution in [0.1, 0.15) is 24.5 Å². The molecule has 118 valence electrons. The highest BCUT2D eigenvalue weighted by molar-refractivity contribution is 5.95. The molecule has 0 spiro atoms. The summed E-state index contributed by atoms with van der Waals surface area (Å²) >= 11 is 0. The summed E-state index contributed by atoms with van der Waals surface area (Å²) in [5.41, 5.74) is 9.63. The average Bonchev–Trinajstić information content (AvgIpc) is 2.91. The van der Waals surface area contributed by atoms with Crippen molar-refractivity contribution < 1.29 is 9.90 Å². The van der Waals surface area contributed by atoms with Crippen molar-refractivity contribution in [2.24, 2.45) is 11.6 Å². The van der Waals surface area contributed by atoms with E-state index in [1.54, 1.807) is 12.1 Å². The largest absolute Gasteiger partial charge is 0.475 e. The Kier molecular flexibility index (Phi) is 4.43. The molecule has 0 bridgehead atoms. The van der Waals surface area contributed by atoms with E-state index in [1.165, 1.54) is 0 Å². The predicted octanol–water partition coefficient (Wildman–Crippen LogP) is 0.787. The minimum atomic E-state index is -1.16. The summed E-state index contributed by atoms with van der Waals surface area (Å²) in [7, 11) is 0. The lowest BCUT2D eigenvalue weighted by Gasteiger charge is -2.19. The first-order valence-corrected chi connectivity index (χ1v) is 6.60. The molecule has 22 heavy (non-hydrogen) atoms. The molecule has 2 heterocycles. The molecule has 1 aromatic heterocycles. The van der Waals surface area contributed by atoms with Gasteiger partial charge in [-0.05, 0) is 24.6 Å². The number of nitrogens with one attached hydrogen (secondary N) is 1. The smallest absolute Gasteiger partial charge is 0.374 e. The molecule has 1 unspecified atom stereocenters. The second-order valence-corrected chi connectivity index (χ2v) is 5.05.